The third-order valence-corrected chi connectivity index (χ3v) is 3.33. The van der Waals surface area contributed by atoms with Gasteiger partial charge in [0.25, 0.3) is 0 Å². The summed E-state index contributed by atoms with van der Waals surface area (Å²) < 4.78 is 0.939. The number of hydrogen-bond donors (Lipinski definition) is 3. The molecule has 0 aliphatic heterocycles. The predicted octanol–water partition coefficient (Wildman–Crippen LogP) is 3.45. The first-order valence-electron chi connectivity index (χ1n) is 7.26. The molecule has 23 heavy (non-hydrogen) atoms. The maximum atomic E-state index is 12.0. The summed E-state index contributed by atoms with van der Waals surface area (Å²) in [5.74, 6) is 0.637. The van der Waals surface area contributed by atoms with E-state index < -0.39 is 0 Å². The van der Waals surface area contributed by atoms with E-state index in [1.165, 1.54) is 0 Å². The van der Waals surface area contributed by atoms with Gasteiger partial charge in [0.15, 0.2) is 5.96 Å². The Balaban J connectivity index is 0.00000484. The fraction of sp³-hybridized carbons (Fsp3) is 0.375. The second-order valence-electron chi connectivity index (χ2n) is 4.69. The van der Waals surface area contributed by atoms with Crippen molar-refractivity contribution in [1.29, 1.82) is 0 Å². The molecule has 0 spiro atoms. The molecule has 0 bridgehead atoms. The van der Waals surface area contributed by atoms with Gasteiger partial charge < -0.3 is 16.0 Å². The van der Waals surface area contributed by atoms with Crippen LogP contribution in [0.1, 0.15) is 18.9 Å². The number of guanidine groups is 1. The van der Waals surface area contributed by atoms with Crippen LogP contribution in [0.4, 0.5) is 5.69 Å². The number of rotatable bonds is 7. The van der Waals surface area contributed by atoms with Crippen LogP contribution in [-0.2, 0) is 4.79 Å². The molecule has 0 fully saturated rings. The fourth-order valence-electron chi connectivity index (χ4n) is 1.72. The average Bonchev–Trinajstić information content (AvgIpc) is 2.48. The van der Waals surface area contributed by atoms with E-state index in [9.17, 15) is 4.79 Å². The summed E-state index contributed by atoms with van der Waals surface area (Å²) in [6.45, 7) is 9.43. The molecule has 3 N–H and O–H groups in total. The Bertz CT molecular complexity index is 549. The third-order valence-electron chi connectivity index (χ3n) is 2.84. The van der Waals surface area contributed by atoms with Gasteiger partial charge in [0.1, 0.15) is 0 Å². The lowest BCUT2D eigenvalue weighted by atomic mass is 10.2. The molecule has 1 aromatic rings. The zero-order valence-corrected chi connectivity index (χ0v) is 17.4. The van der Waals surface area contributed by atoms with Gasteiger partial charge in [-0.25, -0.2) is 0 Å². The van der Waals surface area contributed by atoms with Crippen LogP contribution in [0, 0.1) is 6.92 Å². The zero-order chi connectivity index (χ0) is 16.4. The summed E-state index contributed by atoms with van der Waals surface area (Å²) >= 11 is 3.40. The molecular weight excluding hydrogens is 471 g/mol. The van der Waals surface area contributed by atoms with Crippen molar-refractivity contribution in [2.75, 3.05) is 25.0 Å². The average molecular weight is 495 g/mol. The summed E-state index contributed by atoms with van der Waals surface area (Å²) in [6.07, 6.45) is 2.09. The van der Waals surface area contributed by atoms with Crippen molar-refractivity contribution in [2.24, 2.45) is 4.99 Å². The minimum absolute atomic E-state index is 0. The number of aryl methyl sites for hydroxylation is 1. The quantitative estimate of drug-likeness (QED) is 0.235. The van der Waals surface area contributed by atoms with Gasteiger partial charge in [0.05, 0.1) is 6.54 Å². The summed E-state index contributed by atoms with van der Waals surface area (Å²) in [5, 5.41) is 9.11. The number of nitrogens with zero attached hydrogens (tertiary/aromatic N) is 1. The molecule has 1 rings (SSSR count). The lowest BCUT2D eigenvalue weighted by molar-refractivity contribution is -0.116. The molecule has 7 heteroatoms. The number of aliphatic imine (C=N–C) groups is 1. The summed E-state index contributed by atoms with van der Waals surface area (Å²) in [6, 6.07) is 5.80. The second kappa shape index (κ2) is 12.3. The van der Waals surface area contributed by atoms with Gasteiger partial charge >= 0.3 is 0 Å². The van der Waals surface area contributed by atoms with Crippen molar-refractivity contribution in [3.63, 3.8) is 0 Å². The van der Waals surface area contributed by atoms with E-state index in [0.29, 0.717) is 25.5 Å². The molecule has 0 aliphatic rings. The minimum Gasteiger partial charge on any atom is -0.357 e. The largest absolute Gasteiger partial charge is 0.357 e. The number of benzene rings is 1. The molecule has 0 unspecified atom stereocenters. The number of anilines is 1. The number of carbonyl (C=O) groups excluding carboxylic acids is 1. The SMILES string of the molecule is C=CCNC(=NCCC(=O)Nc1cc(Br)ccc1C)NCC.I. The molecule has 0 aromatic heterocycles. The molecule has 0 saturated heterocycles. The molecule has 0 heterocycles. The molecule has 0 atom stereocenters. The number of amides is 1. The molecule has 1 amide bonds. The van der Waals surface area contributed by atoms with Gasteiger partial charge in [0, 0.05) is 29.7 Å². The Morgan fingerprint density at radius 2 is 2.13 bits per heavy atom. The highest BCUT2D eigenvalue weighted by Crippen LogP contribution is 2.20. The van der Waals surface area contributed by atoms with Crippen LogP contribution in [0.2, 0.25) is 0 Å². The van der Waals surface area contributed by atoms with E-state index in [4.69, 9.17) is 0 Å². The Kier molecular flexibility index (Phi) is 11.8. The molecule has 1 aromatic carbocycles. The van der Waals surface area contributed by atoms with Gasteiger partial charge in [-0.05, 0) is 31.5 Å². The van der Waals surface area contributed by atoms with Crippen LogP contribution in [0.15, 0.2) is 40.3 Å². The maximum Gasteiger partial charge on any atom is 0.226 e. The zero-order valence-electron chi connectivity index (χ0n) is 13.5. The number of halogens is 2. The van der Waals surface area contributed by atoms with Crippen molar-refractivity contribution in [3.8, 4) is 0 Å². The first-order chi connectivity index (χ1) is 10.6. The predicted molar refractivity (Wildman–Crippen MR) is 112 cm³/mol. The van der Waals surface area contributed by atoms with E-state index in [-0.39, 0.29) is 29.9 Å². The maximum absolute atomic E-state index is 12.0. The van der Waals surface area contributed by atoms with Crippen LogP contribution < -0.4 is 16.0 Å². The van der Waals surface area contributed by atoms with Gasteiger partial charge in [-0.2, -0.15) is 0 Å². The van der Waals surface area contributed by atoms with Gasteiger partial charge in [-0.1, -0.05) is 28.1 Å². The molecule has 0 saturated carbocycles. The highest BCUT2D eigenvalue weighted by atomic mass is 127. The van der Waals surface area contributed by atoms with E-state index in [0.717, 1.165) is 22.3 Å². The second-order valence-corrected chi connectivity index (χ2v) is 5.60. The Morgan fingerprint density at radius 1 is 1.39 bits per heavy atom. The lowest BCUT2D eigenvalue weighted by Crippen LogP contribution is -2.37. The smallest absolute Gasteiger partial charge is 0.226 e. The van der Waals surface area contributed by atoms with Gasteiger partial charge in [-0.15, -0.1) is 30.6 Å². The van der Waals surface area contributed by atoms with Crippen molar-refractivity contribution in [3.05, 3.63) is 40.9 Å². The molecule has 0 aliphatic carbocycles. The van der Waals surface area contributed by atoms with Crippen LogP contribution >= 0.6 is 39.9 Å². The number of carbonyl (C=O) groups is 1. The van der Waals surface area contributed by atoms with Crippen molar-refractivity contribution >= 4 is 57.5 Å². The topological polar surface area (TPSA) is 65.5 Å². The van der Waals surface area contributed by atoms with E-state index in [1.807, 2.05) is 32.0 Å². The van der Waals surface area contributed by atoms with Crippen LogP contribution in [0.3, 0.4) is 0 Å². The van der Waals surface area contributed by atoms with Crippen LogP contribution in [-0.4, -0.2) is 31.5 Å². The third kappa shape index (κ3) is 8.95. The summed E-state index contributed by atoms with van der Waals surface area (Å²) in [4.78, 5) is 16.3. The lowest BCUT2D eigenvalue weighted by Gasteiger charge is -2.10. The minimum atomic E-state index is -0.0514. The Morgan fingerprint density at radius 3 is 2.78 bits per heavy atom. The molecular formula is C16H24BrIN4O. The first kappa shape index (κ1) is 21.9. The van der Waals surface area contributed by atoms with E-state index >= 15 is 0 Å². The summed E-state index contributed by atoms with van der Waals surface area (Å²) in [7, 11) is 0. The Hall–Kier alpha value is -1.09. The first-order valence-corrected chi connectivity index (χ1v) is 8.05. The van der Waals surface area contributed by atoms with Crippen molar-refractivity contribution in [1.82, 2.24) is 10.6 Å². The van der Waals surface area contributed by atoms with E-state index in [2.05, 4.69) is 43.5 Å². The standard InChI is InChI=1S/C16H23BrN4O.HI/c1-4-9-19-16(18-5-2)20-10-8-15(22)21-14-11-13(17)7-6-12(14)3;/h4,6-7,11H,1,5,8-10H2,2-3H3,(H,21,22)(H2,18,19,20);1H. The number of nitrogens with one attached hydrogen (secondary N) is 3. The number of hydrogen-bond acceptors (Lipinski definition) is 2. The fourth-order valence-corrected chi connectivity index (χ4v) is 2.08. The highest BCUT2D eigenvalue weighted by molar-refractivity contribution is 14.0. The monoisotopic (exact) mass is 494 g/mol. The molecule has 5 nitrogen and oxygen atoms in total. The highest BCUT2D eigenvalue weighted by Gasteiger charge is 2.05. The van der Waals surface area contributed by atoms with Gasteiger partial charge in [-0.3, -0.25) is 9.79 Å². The normalized spacial score (nSPS) is 10.5. The molecule has 0 radical (unpaired) electrons. The van der Waals surface area contributed by atoms with Crippen molar-refractivity contribution < 1.29 is 4.79 Å². The van der Waals surface area contributed by atoms with Crippen LogP contribution in [0.5, 0.6) is 0 Å². The summed E-state index contributed by atoms with van der Waals surface area (Å²) in [5.41, 5.74) is 1.85. The molecule has 128 valence electrons. The Labute approximate surface area is 163 Å². The van der Waals surface area contributed by atoms with Crippen LogP contribution in [0.25, 0.3) is 0 Å². The van der Waals surface area contributed by atoms with Gasteiger partial charge in [0.2, 0.25) is 5.91 Å². The van der Waals surface area contributed by atoms with Crippen molar-refractivity contribution in [2.45, 2.75) is 20.3 Å². The van der Waals surface area contributed by atoms with E-state index in [1.54, 1.807) is 6.08 Å².